The van der Waals surface area contributed by atoms with Gasteiger partial charge in [0.05, 0.1) is 17.9 Å². The van der Waals surface area contributed by atoms with Crippen molar-refractivity contribution in [2.45, 2.75) is 39.3 Å². The predicted molar refractivity (Wildman–Crippen MR) is 71.3 cm³/mol. The summed E-state index contributed by atoms with van der Waals surface area (Å²) in [6.45, 7) is 17.0. The van der Waals surface area contributed by atoms with E-state index in [2.05, 4.69) is 48.5 Å². The van der Waals surface area contributed by atoms with Crippen LogP contribution in [0.25, 0.3) is 0 Å². The Morgan fingerprint density at radius 1 is 0.923 bits per heavy atom. The summed E-state index contributed by atoms with van der Waals surface area (Å²) in [6, 6.07) is 0. The summed E-state index contributed by atoms with van der Waals surface area (Å²) in [5.74, 6) is 0. The van der Waals surface area contributed by atoms with Gasteiger partial charge in [-0.1, -0.05) is 39.3 Å². The zero-order chi connectivity index (χ0) is 10.4. The molecule has 80 valence electrons. The Morgan fingerprint density at radius 2 is 1.38 bits per heavy atom. The molecule has 0 aromatic carbocycles. The van der Waals surface area contributed by atoms with Gasteiger partial charge in [0.1, 0.15) is 8.96 Å². The Hall–Kier alpha value is 0.571. The highest BCUT2D eigenvalue weighted by molar-refractivity contribution is 6.69. The number of nitrogens with one attached hydrogen (secondary N) is 1. The fourth-order valence-electron chi connectivity index (χ4n) is 1.60. The molecule has 0 radical (unpaired) electrons. The van der Waals surface area contributed by atoms with E-state index in [1.807, 2.05) is 0 Å². The molecule has 0 aromatic rings. The van der Waals surface area contributed by atoms with Crippen molar-refractivity contribution in [1.29, 1.82) is 0 Å². The molecule has 0 saturated heterocycles. The first-order valence-electron chi connectivity index (χ1n) is 5.44. The van der Waals surface area contributed by atoms with Gasteiger partial charge in [0.25, 0.3) is 0 Å². The lowest BCUT2D eigenvalue weighted by Crippen LogP contribution is -2.47. The zero-order valence-electron chi connectivity index (χ0n) is 10.1. The standard InChI is InChI=1S/C8H26N2Si3/c1-11(2)9-7-8-10(12(3)4)13(5)6/h9,11-13H,7-8H2,1-6H3. The summed E-state index contributed by atoms with van der Waals surface area (Å²) in [7, 11) is -1.61. The van der Waals surface area contributed by atoms with Crippen LogP contribution in [0.1, 0.15) is 0 Å². The molecule has 0 aliphatic carbocycles. The van der Waals surface area contributed by atoms with E-state index in [0.717, 1.165) is 0 Å². The molecule has 0 heterocycles. The summed E-state index contributed by atoms with van der Waals surface area (Å²) in [5.41, 5.74) is 0. The van der Waals surface area contributed by atoms with E-state index < -0.39 is 26.9 Å². The van der Waals surface area contributed by atoms with E-state index >= 15 is 0 Å². The first-order chi connectivity index (χ1) is 5.95. The molecule has 1 N–H and O–H groups in total. The molecular weight excluding hydrogens is 208 g/mol. The average Bonchev–Trinajstić information content (AvgIpc) is 1.95. The molecular formula is C8H26N2Si3. The molecule has 0 saturated carbocycles. The van der Waals surface area contributed by atoms with Gasteiger partial charge in [-0.3, -0.25) is 0 Å². The zero-order valence-corrected chi connectivity index (χ0v) is 13.6. The molecule has 5 heteroatoms. The third-order valence-electron chi connectivity index (χ3n) is 2.25. The average molecular weight is 235 g/mol. The van der Waals surface area contributed by atoms with Crippen LogP contribution in [0.2, 0.25) is 39.3 Å². The predicted octanol–water partition coefficient (Wildman–Crippen LogP) is 0.828. The van der Waals surface area contributed by atoms with E-state index in [9.17, 15) is 0 Å². The van der Waals surface area contributed by atoms with Gasteiger partial charge in [0, 0.05) is 6.54 Å². The van der Waals surface area contributed by atoms with Crippen LogP contribution < -0.4 is 4.98 Å². The minimum absolute atomic E-state index is 0.536. The lowest BCUT2D eigenvalue weighted by Gasteiger charge is -2.29. The minimum Gasteiger partial charge on any atom is -0.350 e. The second-order valence-corrected chi connectivity index (χ2v) is 13.5. The Morgan fingerprint density at radius 3 is 1.69 bits per heavy atom. The highest BCUT2D eigenvalue weighted by Gasteiger charge is 2.13. The Kier molecular flexibility index (Phi) is 7.25. The smallest absolute Gasteiger partial charge is 0.102 e. The number of nitrogens with zero attached hydrogens (tertiary/aromatic N) is 1. The molecule has 0 aliphatic heterocycles. The van der Waals surface area contributed by atoms with Gasteiger partial charge < -0.3 is 9.21 Å². The van der Waals surface area contributed by atoms with Gasteiger partial charge >= 0.3 is 0 Å². The highest BCUT2D eigenvalue weighted by Crippen LogP contribution is 1.98. The normalized spacial score (nSPS) is 12.5. The first-order valence-corrected chi connectivity index (χ1v) is 14.0. The fraction of sp³-hybridized carbons (Fsp3) is 1.00. The largest absolute Gasteiger partial charge is 0.350 e. The van der Waals surface area contributed by atoms with Crippen molar-refractivity contribution in [3.8, 4) is 0 Å². The molecule has 0 fully saturated rings. The minimum atomic E-state index is -0.538. The number of hydrogen-bond acceptors (Lipinski definition) is 2. The second kappa shape index (κ2) is 6.94. The topological polar surface area (TPSA) is 15.3 Å². The lowest BCUT2D eigenvalue weighted by molar-refractivity contribution is 0.633. The lowest BCUT2D eigenvalue weighted by atomic mass is 10.7. The first kappa shape index (κ1) is 13.6. The van der Waals surface area contributed by atoms with Crippen molar-refractivity contribution in [2.24, 2.45) is 0 Å². The molecule has 0 atom stereocenters. The molecule has 0 aromatic heterocycles. The SMILES string of the molecule is C[SiH](C)NCCN([SiH](C)C)[SiH](C)C. The molecule has 0 spiro atoms. The van der Waals surface area contributed by atoms with Crippen LogP contribution in [0, 0.1) is 0 Å². The molecule has 2 nitrogen and oxygen atoms in total. The Bertz CT molecular complexity index is 121. The summed E-state index contributed by atoms with van der Waals surface area (Å²) in [6.07, 6.45) is 0. The fourth-order valence-corrected chi connectivity index (χ4v) is 8.36. The number of hydrogen-bond donors (Lipinski definition) is 1. The summed E-state index contributed by atoms with van der Waals surface area (Å²) >= 11 is 0. The Balaban J connectivity index is 3.70. The quantitative estimate of drug-likeness (QED) is 0.685. The van der Waals surface area contributed by atoms with Gasteiger partial charge in [-0.05, 0) is 6.54 Å². The maximum Gasteiger partial charge on any atom is 0.102 e. The summed E-state index contributed by atoms with van der Waals surface area (Å²) < 4.78 is 2.81. The van der Waals surface area contributed by atoms with Crippen molar-refractivity contribution in [2.75, 3.05) is 13.1 Å². The van der Waals surface area contributed by atoms with Gasteiger partial charge in [0.15, 0.2) is 0 Å². The molecule has 0 amide bonds. The van der Waals surface area contributed by atoms with E-state index in [0.29, 0.717) is 0 Å². The third kappa shape index (κ3) is 6.62. The summed E-state index contributed by atoms with van der Waals surface area (Å²) in [5, 5.41) is 0. The van der Waals surface area contributed by atoms with Gasteiger partial charge in [-0.15, -0.1) is 0 Å². The third-order valence-corrected chi connectivity index (χ3v) is 10.1. The van der Waals surface area contributed by atoms with Crippen LogP contribution in [-0.2, 0) is 0 Å². The van der Waals surface area contributed by atoms with Gasteiger partial charge in [0.2, 0.25) is 0 Å². The van der Waals surface area contributed by atoms with E-state index in [-0.39, 0.29) is 0 Å². The molecule has 0 unspecified atom stereocenters. The van der Waals surface area contributed by atoms with E-state index in [4.69, 9.17) is 0 Å². The van der Waals surface area contributed by atoms with Crippen LogP contribution >= 0.6 is 0 Å². The number of rotatable bonds is 6. The molecule has 0 aliphatic rings. The monoisotopic (exact) mass is 234 g/mol. The van der Waals surface area contributed by atoms with E-state index in [1.54, 1.807) is 0 Å². The molecule has 0 bridgehead atoms. The van der Waals surface area contributed by atoms with Crippen LogP contribution in [0.5, 0.6) is 0 Å². The second-order valence-electron chi connectivity index (χ2n) is 4.53. The van der Waals surface area contributed by atoms with Crippen molar-refractivity contribution < 1.29 is 0 Å². The van der Waals surface area contributed by atoms with Crippen molar-refractivity contribution in [1.82, 2.24) is 9.21 Å². The maximum absolute atomic E-state index is 3.63. The highest BCUT2D eigenvalue weighted by atomic mass is 28.3. The van der Waals surface area contributed by atoms with Crippen LogP contribution in [-0.4, -0.2) is 44.2 Å². The van der Waals surface area contributed by atoms with Gasteiger partial charge in [-0.2, -0.15) is 0 Å². The van der Waals surface area contributed by atoms with Crippen LogP contribution in [0.15, 0.2) is 0 Å². The Labute approximate surface area is 88.8 Å². The van der Waals surface area contributed by atoms with Crippen molar-refractivity contribution in [3.05, 3.63) is 0 Å². The molecule has 0 rings (SSSR count). The maximum atomic E-state index is 3.63. The van der Waals surface area contributed by atoms with Crippen molar-refractivity contribution >= 4 is 26.9 Å². The van der Waals surface area contributed by atoms with Crippen LogP contribution in [0.3, 0.4) is 0 Å². The molecule has 13 heavy (non-hydrogen) atoms. The summed E-state index contributed by atoms with van der Waals surface area (Å²) in [4.78, 5) is 3.63. The van der Waals surface area contributed by atoms with Crippen molar-refractivity contribution in [3.63, 3.8) is 0 Å². The van der Waals surface area contributed by atoms with Crippen LogP contribution in [0.4, 0.5) is 0 Å². The van der Waals surface area contributed by atoms with Gasteiger partial charge in [-0.25, -0.2) is 0 Å². The van der Waals surface area contributed by atoms with E-state index in [1.165, 1.54) is 13.1 Å².